The molecule has 9 heteroatoms. The van der Waals surface area contributed by atoms with Crippen LogP contribution in [-0.2, 0) is 16.1 Å². The summed E-state index contributed by atoms with van der Waals surface area (Å²) < 4.78 is 28.8. The summed E-state index contributed by atoms with van der Waals surface area (Å²) in [4.78, 5) is 26.8. The van der Waals surface area contributed by atoms with E-state index in [0.717, 1.165) is 5.56 Å². The Kier molecular flexibility index (Phi) is 8.54. The Bertz CT molecular complexity index is 1070. The molecule has 0 bridgehead atoms. The molecule has 0 aliphatic heterocycles. The van der Waals surface area contributed by atoms with Gasteiger partial charge in [0.2, 0.25) is 5.91 Å². The lowest BCUT2D eigenvalue weighted by atomic mass is 10.1. The summed E-state index contributed by atoms with van der Waals surface area (Å²) in [6.45, 7) is 1.04. The number of amides is 2. The molecule has 0 radical (unpaired) electrons. The van der Waals surface area contributed by atoms with Gasteiger partial charge in [-0.3, -0.25) is 9.59 Å². The zero-order valence-corrected chi connectivity index (χ0v) is 18.5. The molecule has 0 aliphatic rings. The van der Waals surface area contributed by atoms with Crippen molar-refractivity contribution in [1.29, 1.82) is 0 Å². The summed E-state index contributed by atoms with van der Waals surface area (Å²) in [7, 11) is 3.09. The number of halogens is 1. The third-order valence-corrected chi connectivity index (χ3v) is 4.97. The number of aromatic nitrogens is 1. The molecule has 174 valence electrons. The zero-order valence-electron chi connectivity index (χ0n) is 18.5. The Morgan fingerprint density at radius 1 is 1.09 bits per heavy atom. The van der Waals surface area contributed by atoms with Gasteiger partial charge in [-0.25, -0.2) is 4.39 Å². The van der Waals surface area contributed by atoms with Crippen LogP contribution in [0.4, 0.5) is 4.39 Å². The van der Waals surface area contributed by atoms with Crippen molar-refractivity contribution in [3.63, 3.8) is 0 Å². The molecule has 0 atom stereocenters. The van der Waals surface area contributed by atoms with E-state index in [4.69, 9.17) is 14.0 Å². The number of carbonyl (C=O) groups is 2. The summed E-state index contributed by atoms with van der Waals surface area (Å²) in [5, 5.41) is 6.68. The summed E-state index contributed by atoms with van der Waals surface area (Å²) in [6.07, 6.45) is 0.0911. The molecule has 1 N–H and O–H groups in total. The Morgan fingerprint density at radius 3 is 2.58 bits per heavy atom. The van der Waals surface area contributed by atoms with Gasteiger partial charge in [-0.2, -0.15) is 0 Å². The zero-order chi connectivity index (χ0) is 23.6. The maximum Gasteiger partial charge on any atom is 0.276 e. The molecule has 3 rings (SSSR count). The molecule has 0 unspecified atom stereocenters. The highest BCUT2D eigenvalue weighted by atomic mass is 19.1. The average Bonchev–Trinajstić information content (AvgIpc) is 3.33. The number of para-hydroxylation sites is 1. The van der Waals surface area contributed by atoms with Crippen LogP contribution in [0.5, 0.6) is 5.75 Å². The SMILES string of the molecule is COCCN(CCC(=O)NCc1ccc(F)cc1)C(=O)c1cc(-c2ccccc2OC)on1. The first-order valence-electron chi connectivity index (χ1n) is 10.4. The van der Waals surface area contributed by atoms with Crippen molar-refractivity contribution in [2.24, 2.45) is 0 Å². The monoisotopic (exact) mass is 455 g/mol. The third kappa shape index (κ3) is 6.63. The topological polar surface area (TPSA) is 93.9 Å². The van der Waals surface area contributed by atoms with Gasteiger partial charge < -0.3 is 24.2 Å². The molecule has 0 fully saturated rings. The average molecular weight is 455 g/mol. The maximum absolute atomic E-state index is 13.0. The highest BCUT2D eigenvalue weighted by Crippen LogP contribution is 2.30. The van der Waals surface area contributed by atoms with Crippen LogP contribution in [0.15, 0.2) is 59.1 Å². The van der Waals surface area contributed by atoms with Gasteiger partial charge in [0.15, 0.2) is 11.5 Å². The van der Waals surface area contributed by atoms with Crippen LogP contribution in [-0.4, -0.2) is 55.8 Å². The predicted molar refractivity (Wildman–Crippen MR) is 119 cm³/mol. The summed E-state index contributed by atoms with van der Waals surface area (Å²) in [6, 6.07) is 14.7. The van der Waals surface area contributed by atoms with Crippen LogP contribution in [0.1, 0.15) is 22.5 Å². The van der Waals surface area contributed by atoms with E-state index < -0.39 is 0 Å². The molecule has 3 aromatic rings. The quantitative estimate of drug-likeness (QED) is 0.477. The first kappa shape index (κ1) is 23.9. The minimum atomic E-state index is -0.372. The number of ether oxygens (including phenoxy) is 2. The first-order valence-corrected chi connectivity index (χ1v) is 10.4. The van der Waals surface area contributed by atoms with Crippen molar-refractivity contribution in [1.82, 2.24) is 15.4 Å². The molecule has 0 aliphatic carbocycles. The van der Waals surface area contributed by atoms with Gasteiger partial charge in [0.25, 0.3) is 5.91 Å². The normalized spacial score (nSPS) is 10.6. The van der Waals surface area contributed by atoms with E-state index >= 15 is 0 Å². The van der Waals surface area contributed by atoms with Crippen molar-refractivity contribution >= 4 is 11.8 Å². The van der Waals surface area contributed by atoms with Gasteiger partial charge >= 0.3 is 0 Å². The fourth-order valence-electron chi connectivity index (χ4n) is 3.16. The predicted octanol–water partition coefficient (Wildman–Crippen LogP) is 3.28. The van der Waals surface area contributed by atoms with E-state index in [1.807, 2.05) is 18.2 Å². The standard InChI is InChI=1S/C24H26FN3O5/c1-31-14-13-28(12-11-23(29)26-16-17-7-9-18(25)10-8-17)24(30)20-15-22(33-27-20)19-5-3-4-6-21(19)32-2/h3-10,15H,11-14,16H2,1-2H3,(H,26,29). The van der Waals surface area contributed by atoms with Crippen molar-refractivity contribution in [3.8, 4) is 17.1 Å². The molecule has 1 aromatic heterocycles. The molecular formula is C24H26FN3O5. The lowest BCUT2D eigenvalue weighted by Gasteiger charge is -2.21. The molecule has 8 nitrogen and oxygen atoms in total. The Labute approximate surface area is 191 Å². The fourth-order valence-corrected chi connectivity index (χ4v) is 3.16. The lowest BCUT2D eigenvalue weighted by molar-refractivity contribution is -0.121. The largest absolute Gasteiger partial charge is 0.496 e. The summed E-state index contributed by atoms with van der Waals surface area (Å²) in [5.41, 5.74) is 1.58. The molecule has 0 saturated carbocycles. The third-order valence-electron chi connectivity index (χ3n) is 4.97. The number of carbonyl (C=O) groups excluding carboxylic acids is 2. The van der Waals surface area contributed by atoms with Gasteiger partial charge in [-0.05, 0) is 29.8 Å². The van der Waals surface area contributed by atoms with Gasteiger partial charge in [0, 0.05) is 39.2 Å². The summed E-state index contributed by atoms with van der Waals surface area (Å²) >= 11 is 0. The molecule has 2 amide bonds. The van der Waals surface area contributed by atoms with E-state index in [1.54, 1.807) is 31.4 Å². The number of nitrogens with zero attached hydrogens (tertiary/aromatic N) is 2. The number of benzene rings is 2. The molecule has 1 heterocycles. The van der Waals surface area contributed by atoms with Crippen molar-refractivity contribution in [3.05, 3.63) is 71.7 Å². The van der Waals surface area contributed by atoms with Gasteiger partial charge in [0.05, 0.1) is 19.3 Å². The highest BCUT2D eigenvalue weighted by Gasteiger charge is 2.22. The minimum absolute atomic E-state index is 0.0911. The van der Waals surface area contributed by atoms with Gasteiger partial charge in [0.1, 0.15) is 11.6 Å². The maximum atomic E-state index is 13.0. The number of rotatable bonds is 11. The van der Waals surface area contributed by atoms with Gasteiger partial charge in [-0.1, -0.05) is 29.4 Å². The Balaban J connectivity index is 1.62. The smallest absolute Gasteiger partial charge is 0.276 e. The van der Waals surface area contributed by atoms with E-state index in [0.29, 0.717) is 23.7 Å². The fraction of sp³-hybridized carbons (Fsp3) is 0.292. The van der Waals surface area contributed by atoms with Crippen molar-refractivity contribution in [2.45, 2.75) is 13.0 Å². The highest BCUT2D eigenvalue weighted by molar-refractivity contribution is 5.93. The van der Waals surface area contributed by atoms with Crippen molar-refractivity contribution < 1.29 is 28.0 Å². The second-order valence-electron chi connectivity index (χ2n) is 7.21. The number of hydrogen-bond donors (Lipinski definition) is 1. The molecule has 2 aromatic carbocycles. The molecule has 0 spiro atoms. The van der Waals surface area contributed by atoms with Crippen LogP contribution in [0.2, 0.25) is 0 Å². The van der Waals surface area contributed by atoms with Crippen molar-refractivity contribution in [2.75, 3.05) is 33.9 Å². The molecular weight excluding hydrogens is 429 g/mol. The number of nitrogens with one attached hydrogen (secondary N) is 1. The van der Waals surface area contributed by atoms with Crippen LogP contribution in [0.3, 0.4) is 0 Å². The second-order valence-corrected chi connectivity index (χ2v) is 7.21. The summed E-state index contributed by atoms with van der Waals surface area (Å²) in [5.74, 6) is 0.0630. The molecule has 33 heavy (non-hydrogen) atoms. The molecule has 0 saturated heterocycles. The Morgan fingerprint density at radius 2 is 1.85 bits per heavy atom. The van der Waals surface area contributed by atoms with Gasteiger partial charge in [-0.15, -0.1) is 0 Å². The first-order chi connectivity index (χ1) is 16.0. The van der Waals surface area contributed by atoms with Crippen LogP contribution in [0, 0.1) is 5.82 Å². The lowest BCUT2D eigenvalue weighted by Crippen LogP contribution is -2.37. The van der Waals surface area contributed by atoms with Crippen LogP contribution < -0.4 is 10.1 Å². The number of methoxy groups -OCH3 is 2. The second kappa shape index (κ2) is 11.8. The van der Waals surface area contributed by atoms with E-state index in [2.05, 4.69) is 10.5 Å². The Hall–Kier alpha value is -3.72. The van der Waals surface area contributed by atoms with E-state index in [1.165, 1.54) is 24.1 Å². The minimum Gasteiger partial charge on any atom is -0.496 e. The van der Waals surface area contributed by atoms with Crippen LogP contribution >= 0.6 is 0 Å². The number of hydrogen-bond acceptors (Lipinski definition) is 6. The van der Waals surface area contributed by atoms with Crippen LogP contribution in [0.25, 0.3) is 11.3 Å². The van der Waals surface area contributed by atoms with E-state index in [-0.39, 0.29) is 49.4 Å². The van der Waals surface area contributed by atoms with E-state index in [9.17, 15) is 14.0 Å².